The zero-order chi connectivity index (χ0) is 12.3. The number of hydrogen-bond acceptors (Lipinski definition) is 4. The fourth-order valence-corrected chi connectivity index (χ4v) is 1.48. The Morgan fingerprint density at radius 2 is 2.06 bits per heavy atom. The minimum atomic E-state index is 0.371. The molecule has 1 heterocycles. The van der Waals surface area contributed by atoms with Gasteiger partial charge in [0.15, 0.2) is 5.76 Å². The molecule has 2 aromatic rings. The highest BCUT2D eigenvalue weighted by Gasteiger charge is 2.04. The average molecular weight is 232 g/mol. The van der Waals surface area contributed by atoms with Crippen LogP contribution in [-0.4, -0.2) is 5.16 Å². The second kappa shape index (κ2) is 5.01. The highest BCUT2D eigenvalue weighted by molar-refractivity contribution is 5.33. The third-order valence-electron chi connectivity index (χ3n) is 2.68. The summed E-state index contributed by atoms with van der Waals surface area (Å²) in [6, 6.07) is 7.80. The fraction of sp³-hybridized carbons (Fsp3) is 0.308. The molecular formula is C13H16N2O2. The third kappa shape index (κ3) is 2.85. The molecule has 1 aromatic carbocycles. The molecule has 0 aliphatic heterocycles. The summed E-state index contributed by atoms with van der Waals surface area (Å²) in [4.78, 5) is 0. The first-order valence-electron chi connectivity index (χ1n) is 5.53. The molecule has 1 aromatic heterocycles. The number of nitrogens with zero attached hydrogens (tertiary/aromatic N) is 1. The predicted octanol–water partition coefficient (Wildman–Crippen LogP) is 2.33. The molecule has 90 valence electrons. The van der Waals surface area contributed by atoms with Gasteiger partial charge >= 0.3 is 0 Å². The second-order valence-electron chi connectivity index (χ2n) is 4.02. The summed E-state index contributed by atoms with van der Waals surface area (Å²) < 4.78 is 10.7. The van der Waals surface area contributed by atoms with Gasteiger partial charge in [0.1, 0.15) is 12.4 Å². The van der Waals surface area contributed by atoms with E-state index in [9.17, 15) is 0 Å². The highest BCUT2D eigenvalue weighted by Crippen LogP contribution is 2.17. The van der Waals surface area contributed by atoms with Crippen LogP contribution < -0.4 is 10.5 Å². The van der Waals surface area contributed by atoms with Gasteiger partial charge in [-0.1, -0.05) is 11.2 Å². The first kappa shape index (κ1) is 11.7. The van der Waals surface area contributed by atoms with Gasteiger partial charge in [-0.2, -0.15) is 0 Å². The number of hydrogen-bond donors (Lipinski definition) is 1. The van der Waals surface area contributed by atoms with Crippen molar-refractivity contribution in [2.75, 3.05) is 0 Å². The van der Waals surface area contributed by atoms with Crippen LogP contribution in [0.3, 0.4) is 0 Å². The van der Waals surface area contributed by atoms with Crippen molar-refractivity contribution in [2.45, 2.75) is 27.0 Å². The Bertz CT molecular complexity index is 506. The normalized spacial score (nSPS) is 10.5. The smallest absolute Gasteiger partial charge is 0.174 e. The second-order valence-corrected chi connectivity index (χ2v) is 4.02. The summed E-state index contributed by atoms with van der Waals surface area (Å²) >= 11 is 0. The van der Waals surface area contributed by atoms with E-state index >= 15 is 0 Å². The van der Waals surface area contributed by atoms with E-state index in [1.165, 1.54) is 11.1 Å². The monoisotopic (exact) mass is 232 g/mol. The molecule has 4 heteroatoms. The predicted molar refractivity (Wildman–Crippen MR) is 64.6 cm³/mol. The van der Waals surface area contributed by atoms with Crippen LogP contribution in [0.15, 0.2) is 28.8 Å². The van der Waals surface area contributed by atoms with Crippen LogP contribution in [0, 0.1) is 13.8 Å². The maximum absolute atomic E-state index is 5.61. The lowest BCUT2D eigenvalue weighted by atomic mass is 10.1. The van der Waals surface area contributed by atoms with Crippen molar-refractivity contribution in [3.05, 3.63) is 46.8 Å². The summed E-state index contributed by atoms with van der Waals surface area (Å²) in [6.07, 6.45) is 0. The number of rotatable bonds is 4. The van der Waals surface area contributed by atoms with Crippen LogP contribution >= 0.6 is 0 Å². The van der Waals surface area contributed by atoms with E-state index in [1.807, 2.05) is 18.2 Å². The maximum Gasteiger partial charge on any atom is 0.174 e. The lowest BCUT2D eigenvalue weighted by Crippen LogP contribution is -1.96. The van der Waals surface area contributed by atoms with E-state index in [0.717, 1.165) is 11.4 Å². The number of aryl methyl sites for hydroxylation is 2. The number of nitrogens with two attached hydrogens (primary N) is 1. The van der Waals surface area contributed by atoms with E-state index in [-0.39, 0.29) is 0 Å². The molecule has 0 saturated carbocycles. The lowest BCUT2D eigenvalue weighted by molar-refractivity contribution is 0.248. The quantitative estimate of drug-likeness (QED) is 0.878. The van der Waals surface area contributed by atoms with Gasteiger partial charge in [0, 0.05) is 12.6 Å². The summed E-state index contributed by atoms with van der Waals surface area (Å²) in [5.74, 6) is 1.52. The molecular weight excluding hydrogens is 216 g/mol. The summed E-state index contributed by atoms with van der Waals surface area (Å²) in [6.45, 7) is 4.88. The van der Waals surface area contributed by atoms with Gasteiger partial charge in [0.25, 0.3) is 0 Å². The molecule has 4 nitrogen and oxygen atoms in total. The molecule has 0 unspecified atom stereocenters. The molecule has 2 rings (SSSR count). The Hall–Kier alpha value is -1.81. The maximum atomic E-state index is 5.61. The number of benzene rings is 1. The van der Waals surface area contributed by atoms with Crippen molar-refractivity contribution in [2.24, 2.45) is 5.73 Å². The standard InChI is InChI=1S/C13H16N2O2/c1-9-3-4-12(5-10(9)2)16-8-13-6-11(7-14)15-17-13/h3-6H,7-8,14H2,1-2H3. The van der Waals surface area contributed by atoms with E-state index in [4.69, 9.17) is 15.0 Å². The molecule has 0 aliphatic carbocycles. The molecule has 0 saturated heterocycles. The van der Waals surface area contributed by atoms with E-state index in [0.29, 0.717) is 18.9 Å². The Morgan fingerprint density at radius 3 is 2.71 bits per heavy atom. The SMILES string of the molecule is Cc1ccc(OCc2cc(CN)no2)cc1C. The van der Waals surface area contributed by atoms with Crippen LogP contribution in [0.5, 0.6) is 5.75 Å². The van der Waals surface area contributed by atoms with Crippen molar-refractivity contribution in [3.63, 3.8) is 0 Å². The Morgan fingerprint density at radius 1 is 1.24 bits per heavy atom. The Kier molecular flexibility index (Phi) is 3.44. The summed E-state index contributed by atoms with van der Waals surface area (Å²) in [5.41, 5.74) is 8.65. The molecule has 0 radical (unpaired) electrons. The van der Waals surface area contributed by atoms with Gasteiger partial charge < -0.3 is 15.0 Å². The zero-order valence-corrected chi connectivity index (χ0v) is 10.1. The van der Waals surface area contributed by atoms with Gasteiger partial charge in [0.2, 0.25) is 0 Å². The lowest BCUT2D eigenvalue weighted by Gasteiger charge is -2.06. The van der Waals surface area contributed by atoms with E-state index in [1.54, 1.807) is 6.07 Å². The molecule has 0 fully saturated rings. The molecule has 0 aliphatic rings. The molecule has 2 N–H and O–H groups in total. The largest absolute Gasteiger partial charge is 0.486 e. The van der Waals surface area contributed by atoms with Gasteiger partial charge in [0.05, 0.1) is 5.69 Å². The summed E-state index contributed by atoms with van der Waals surface area (Å²) in [7, 11) is 0. The number of ether oxygens (including phenoxy) is 1. The van der Waals surface area contributed by atoms with Crippen LogP contribution in [-0.2, 0) is 13.2 Å². The van der Waals surface area contributed by atoms with Crippen LogP contribution in [0.4, 0.5) is 0 Å². The van der Waals surface area contributed by atoms with Crippen molar-refractivity contribution in [1.82, 2.24) is 5.16 Å². The van der Waals surface area contributed by atoms with Crippen LogP contribution in [0.2, 0.25) is 0 Å². The van der Waals surface area contributed by atoms with Gasteiger partial charge in [-0.3, -0.25) is 0 Å². The highest BCUT2D eigenvalue weighted by atomic mass is 16.5. The molecule has 0 atom stereocenters. The van der Waals surface area contributed by atoms with Crippen molar-refractivity contribution in [1.29, 1.82) is 0 Å². The summed E-state index contributed by atoms with van der Waals surface area (Å²) in [5, 5.41) is 3.80. The van der Waals surface area contributed by atoms with Gasteiger partial charge in [-0.05, 0) is 37.1 Å². The molecule has 17 heavy (non-hydrogen) atoms. The Labute approximate surface area is 100 Å². The van der Waals surface area contributed by atoms with Crippen molar-refractivity contribution < 1.29 is 9.26 Å². The fourth-order valence-electron chi connectivity index (χ4n) is 1.48. The molecule has 0 spiro atoms. The minimum Gasteiger partial charge on any atom is -0.486 e. The third-order valence-corrected chi connectivity index (χ3v) is 2.68. The molecule has 0 amide bonds. The topological polar surface area (TPSA) is 61.3 Å². The number of aromatic nitrogens is 1. The van der Waals surface area contributed by atoms with Crippen molar-refractivity contribution >= 4 is 0 Å². The Balaban J connectivity index is 1.99. The molecule has 0 bridgehead atoms. The zero-order valence-electron chi connectivity index (χ0n) is 10.1. The van der Waals surface area contributed by atoms with E-state index in [2.05, 4.69) is 19.0 Å². The first-order valence-corrected chi connectivity index (χ1v) is 5.53. The first-order chi connectivity index (χ1) is 8.19. The van der Waals surface area contributed by atoms with Crippen LogP contribution in [0.1, 0.15) is 22.6 Å². The minimum absolute atomic E-state index is 0.371. The van der Waals surface area contributed by atoms with E-state index < -0.39 is 0 Å². The van der Waals surface area contributed by atoms with Crippen molar-refractivity contribution in [3.8, 4) is 5.75 Å². The van der Waals surface area contributed by atoms with Gasteiger partial charge in [-0.15, -0.1) is 0 Å². The van der Waals surface area contributed by atoms with Crippen LogP contribution in [0.25, 0.3) is 0 Å². The van der Waals surface area contributed by atoms with Gasteiger partial charge in [-0.25, -0.2) is 0 Å². The average Bonchev–Trinajstić information content (AvgIpc) is 2.79.